The molecule has 0 aromatic carbocycles. The largest absolute Gasteiger partial charge is 0.310 e. The Balaban J connectivity index is 2.11. The lowest BCUT2D eigenvalue weighted by Gasteiger charge is -2.19. The molecule has 4 nitrogen and oxygen atoms in total. The van der Waals surface area contributed by atoms with Crippen molar-refractivity contribution in [2.45, 2.75) is 26.8 Å². The van der Waals surface area contributed by atoms with Gasteiger partial charge in [-0.05, 0) is 25.6 Å². The highest BCUT2D eigenvalue weighted by Crippen LogP contribution is 1.93. The van der Waals surface area contributed by atoms with E-state index in [9.17, 15) is 0 Å². The van der Waals surface area contributed by atoms with Gasteiger partial charge in [0, 0.05) is 32.9 Å². The molecule has 0 unspecified atom stereocenters. The standard InChI is InChI=1S/C12H24N4/c1-4-8-16(5-2)10-7-13-11-12-6-9-15(3)14-12/h6,9,13H,4-5,7-8,10-11H2,1-3H3. The highest BCUT2D eigenvalue weighted by molar-refractivity contribution is 4.97. The Bertz CT molecular complexity index is 282. The number of hydrogen-bond donors (Lipinski definition) is 1. The fourth-order valence-corrected chi connectivity index (χ4v) is 1.76. The molecule has 1 rings (SSSR count). The van der Waals surface area contributed by atoms with Gasteiger partial charge in [-0.1, -0.05) is 13.8 Å². The topological polar surface area (TPSA) is 33.1 Å². The third-order valence-corrected chi connectivity index (χ3v) is 2.67. The van der Waals surface area contributed by atoms with Crippen molar-refractivity contribution in [3.05, 3.63) is 18.0 Å². The highest BCUT2D eigenvalue weighted by atomic mass is 15.3. The fraction of sp³-hybridized carbons (Fsp3) is 0.750. The van der Waals surface area contributed by atoms with E-state index >= 15 is 0 Å². The van der Waals surface area contributed by atoms with Gasteiger partial charge in [0.25, 0.3) is 0 Å². The summed E-state index contributed by atoms with van der Waals surface area (Å²) in [5.74, 6) is 0. The van der Waals surface area contributed by atoms with Crippen molar-refractivity contribution in [3.8, 4) is 0 Å². The zero-order valence-corrected chi connectivity index (χ0v) is 10.7. The summed E-state index contributed by atoms with van der Waals surface area (Å²) in [6.07, 6.45) is 3.21. The minimum Gasteiger partial charge on any atom is -0.310 e. The molecular formula is C12H24N4. The fourth-order valence-electron chi connectivity index (χ4n) is 1.76. The van der Waals surface area contributed by atoms with Crippen LogP contribution in [0.3, 0.4) is 0 Å². The molecule has 0 bridgehead atoms. The van der Waals surface area contributed by atoms with E-state index in [1.807, 2.05) is 17.9 Å². The first-order chi connectivity index (χ1) is 7.76. The van der Waals surface area contributed by atoms with Crippen molar-refractivity contribution in [1.82, 2.24) is 20.0 Å². The Morgan fingerprint density at radius 1 is 1.38 bits per heavy atom. The molecule has 1 aromatic heterocycles. The predicted molar refractivity (Wildman–Crippen MR) is 67.3 cm³/mol. The second kappa shape index (κ2) is 7.41. The smallest absolute Gasteiger partial charge is 0.0762 e. The minimum atomic E-state index is 0.866. The molecule has 0 amide bonds. The van der Waals surface area contributed by atoms with Gasteiger partial charge in [-0.2, -0.15) is 5.10 Å². The second-order valence-corrected chi connectivity index (χ2v) is 4.09. The third-order valence-electron chi connectivity index (χ3n) is 2.67. The van der Waals surface area contributed by atoms with Crippen molar-refractivity contribution in [1.29, 1.82) is 0 Å². The quantitative estimate of drug-likeness (QED) is 0.675. The van der Waals surface area contributed by atoms with E-state index in [4.69, 9.17) is 0 Å². The van der Waals surface area contributed by atoms with Crippen LogP contribution in [0.4, 0.5) is 0 Å². The van der Waals surface area contributed by atoms with Crippen LogP contribution in [0.15, 0.2) is 12.3 Å². The average Bonchev–Trinajstić information content (AvgIpc) is 2.69. The molecule has 0 saturated carbocycles. The van der Waals surface area contributed by atoms with Gasteiger partial charge in [0.1, 0.15) is 0 Å². The molecule has 0 fully saturated rings. The van der Waals surface area contributed by atoms with E-state index < -0.39 is 0 Å². The number of rotatable bonds is 8. The molecule has 92 valence electrons. The van der Waals surface area contributed by atoms with Crippen LogP contribution in [0.1, 0.15) is 26.0 Å². The van der Waals surface area contributed by atoms with Crippen molar-refractivity contribution in [2.24, 2.45) is 7.05 Å². The Kier molecular flexibility index (Phi) is 6.11. The van der Waals surface area contributed by atoms with Crippen molar-refractivity contribution in [3.63, 3.8) is 0 Å². The lowest BCUT2D eigenvalue weighted by Crippen LogP contribution is -2.32. The number of nitrogens with zero attached hydrogens (tertiary/aromatic N) is 3. The Labute approximate surface area is 98.6 Å². The molecule has 4 heteroatoms. The van der Waals surface area contributed by atoms with Crippen LogP contribution in [0.2, 0.25) is 0 Å². The van der Waals surface area contributed by atoms with E-state index in [1.165, 1.54) is 13.0 Å². The molecule has 1 heterocycles. The second-order valence-electron chi connectivity index (χ2n) is 4.09. The highest BCUT2D eigenvalue weighted by Gasteiger charge is 2.00. The van der Waals surface area contributed by atoms with Gasteiger partial charge in [0.2, 0.25) is 0 Å². The molecule has 1 N–H and O–H groups in total. The Morgan fingerprint density at radius 3 is 2.75 bits per heavy atom. The van der Waals surface area contributed by atoms with Crippen LogP contribution in [0, 0.1) is 0 Å². The summed E-state index contributed by atoms with van der Waals surface area (Å²) in [5.41, 5.74) is 1.11. The van der Waals surface area contributed by atoms with Gasteiger partial charge in [-0.25, -0.2) is 0 Å². The van der Waals surface area contributed by atoms with E-state index in [2.05, 4.69) is 35.2 Å². The zero-order chi connectivity index (χ0) is 11.8. The summed E-state index contributed by atoms with van der Waals surface area (Å²) < 4.78 is 1.84. The first kappa shape index (κ1) is 13.2. The molecule has 0 aliphatic carbocycles. The van der Waals surface area contributed by atoms with Crippen LogP contribution in [0.5, 0.6) is 0 Å². The van der Waals surface area contributed by atoms with Gasteiger partial charge in [0.05, 0.1) is 5.69 Å². The van der Waals surface area contributed by atoms with Gasteiger partial charge < -0.3 is 10.2 Å². The predicted octanol–water partition coefficient (Wildman–Crippen LogP) is 1.24. The summed E-state index contributed by atoms with van der Waals surface area (Å²) in [6.45, 7) is 9.80. The van der Waals surface area contributed by atoms with E-state index in [-0.39, 0.29) is 0 Å². The van der Waals surface area contributed by atoms with Crippen molar-refractivity contribution >= 4 is 0 Å². The first-order valence-electron chi connectivity index (χ1n) is 6.17. The van der Waals surface area contributed by atoms with Gasteiger partial charge in [-0.3, -0.25) is 4.68 Å². The van der Waals surface area contributed by atoms with Gasteiger partial charge in [-0.15, -0.1) is 0 Å². The normalized spacial score (nSPS) is 11.2. The van der Waals surface area contributed by atoms with Crippen LogP contribution in [0.25, 0.3) is 0 Å². The third kappa shape index (κ3) is 4.77. The SMILES string of the molecule is CCCN(CC)CCNCc1ccn(C)n1. The molecule has 0 radical (unpaired) electrons. The maximum atomic E-state index is 4.32. The Morgan fingerprint density at radius 2 is 2.19 bits per heavy atom. The summed E-state index contributed by atoms with van der Waals surface area (Å²) in [6, 6.07) is 2.05. The molecule has 0 spiro atoms. The van der Waals surface area contributed by atoms with E-state index in [0.717, 1.165) is 31.9 Å². The summed E-state index contributed by atoms with van der Waals surface area (Å²) in [4.78, 5) is 2.46. The molecule has 1 aromatic rings. The molecular weight excluding hydrogens is 200 g/mol. The average molecular weight is 224 g/mol. The van der Waals surface area contributed by atoms with Crippen LogP contribution >= 0.6 is 0 Å². The van der Waals surface area contributed by atoms with Gasteiger partial charge in [0.15, 0.2) is 0 Å². The number of hydrogen-bond acceptors (Lipinski definition) is 3. The zero-order valence-electron chi connectivity index (χ0n) is 10.7. The maximum Gasteiger partial charge on any atom is 0.0762 e. The molecule has 0 aliphatic rings. The molecule has 0 aliphatic heterocycles. The first-order valence-corrected chi connectivity index (χ1v) is 6.17. The lowest BCUT2D eigenvalue weighted by atomic mass is 10.4. The Hall–Kier alpha value is -0.870. The van der Waals surface area contributed by atoms with E-state index in [1.54, 1.807) is 0 Å². The van der Waals surface area contributed by atoms with Crippen LogP contribution in [-0.4, -0.2) is 40.9 Å². The lowest BCUT2D eigenvalue weighted by molar-refractivity contribution is 0.287. The summed E-state index contributed by atoms with van der Waals surface area (Å²) >= 11 is 0. The number of nitrogens with one attached hydrogen (secondary N) is 1. The van der Waals surface area contributed by atoms with Crippen molar-refractivity contribution in [2.75, 3.05) is 26.2 Å². The van der Waals surface area contributed by atoms with Gasteiger partial charge >= 0.3 is 0 Å². The molecule has 16 heavy (non-hydrogen) atoms. The number of aryl methyl sites for hydroxylation is 1. The maximum absolute atomic E-state index is 4.32. The van der Waals surface area contributed by atoms with Crippen molar-refractivity contribution < 1.29 is 0 Å². The molecule has 0 atom stereocenters. The van der Waals surface area contributed by atoms with E-state index in [0.29, 0.717) is 0 Å². The van der Waals surface area contributed by atoms with Crippen LogP contribution in [-0.2, 0) is 13.6 Å². The number of aromatic nitrogens is 2. The minimum absolute atomic E-state index is 0.866. The number of likely N-dealkylation sites (N-methyl/N-ethyl adjacent to an activating group) is 1. The van der Waals surface area contributed by atoms with Crippen LogP contribution < -0.4 is 5.32 Å². The summed E-state index contributed by atoms with van der Waals surface area (Å²) in [7, 11) is 1.95. The monoisotopic (exact) mass is 224 g/mol. The summed E-state index contributed by atoms with van der Waals surface area (Å²) in [5, 5.41) is 7.75. The molecule has 0 saturated heterocycles.